The van der Waals surface area contributed by atoms with E-state index in [2.05, 4.69) is 4.98 Å². The molecule has 8 heteroatoms. The molecule has 122 valence electrons. The first-order chi connectivity index (χ1) is 10.9. The minimum Gasteiger partial charge on any atom is -0.470 e. The Labute approximate surface area is 138 Å². The van der Waals surface area contributed by atoms with Crippen LogP contribution >= 0.6 is 11.6 Å². The van der Waals surface area contributed by atoms with E-state index in [1.54, 1.807) is 18.3 Å². The molecule has 0 saturated carbocycles. The molecule has 0 spiro atoms. The van der Waals surface area contributed by atoms with Crippen molar-refractivity contribution in [3.05, 3.63) is 59.0 Å². The average Bonchev–Trinajstić information content (AvgIpc) is 2.46. The summed E-state index contributed by atoms with van der Waals surface area (Å²) in [6.07, 6.45) is 1.29. The van der Waals surface area contributed by atoms with Crippen molar-refractivity contribution in [3.8, 4) is 5.88 Å². The Morgan fingerprint density at radius 1 is 1.26 bits per heavy atom. The second-order valence-corrected chi connectivity index (χ2v) is 7.61. The molecule has 0 atom stereocenters. The smallest absolute Gasteiger partial charge is 0.232 e. The maximum absolute atomic E-state index is 12.9. The van der Waals surface area contributed by atoms with Gasteiger partial charge in [-0.05, 0) is 29.8 Å². The van der Waals surface area contributed by atoms with Crippen LogP contribution in [-0.2, 0) is 15.8 Å². The molecular weight excluding hydrogens is 343 g/mol. The predicted octanol–water partition coefficient (Wildman–Crippen LogP) is 2.47. The van der Waals surface area contributed by atoms with Gasteiger partial charge in [0.25, 0.3) is 0 Å². The predicted molar refractivity (Wildman–Crippen MR) is 84.3 cm³/mol. The van der Waals surface area contributed by atoms with E-state index in [-0.39, 0.29) is 24.9 Å². The fourth-order valence-electron chi connectivity index (χ4n) is 2.20. The Morgan fingerprint density at radius 2 is 1.96 bits per heavy atom. The van der Waals surface area contributed by atoms with Crippen LogP contribution in [0.15, 0.2) is 42.6 Å². The summed E-state index contributed by atoms with van der Waals surface area (Å²) < 4.78 is 44.3. The van der Waals surface area contributed by atoms with Crippen LogP contribution in [0.25, 0.3) is 0 Å². The summed E-state index contributed by atoms with van der Waals surface area (Å²) >= 11 is 5.95. The first kappa shape index (κ1) is 16.2. The number of benzene rings is 1. The van der Waals surface area contributed by atoms with Gasteiger partial charge >= 0.3 is 0 Å². The van der Waals surface area contributed by atoms with Crippen molar-refractivity contribution in [2.45, 2.75) is 11.9 Å². The van der Waals surface area contributed by atoms with Gasteiger partial charge < -0.3 is 4.74 Å². The quantitative estimate of drug-likeness (QED) is 0.825. The number of hydrogen-bond acceptors (Lipinski definition) is 4. The minimum absolute atomic E-state index is 0.162. The van der Waals surface area contributed by atoms with Crippen LogP contribution < -0.4 is 4.74 Å². The molecule has 23 heavy (non-hydrogen) atoms. The number of pyridine rings is 1. The lowest BCUT2D eigenvalue weighted by Crippen LogP contribution is -2.56. The Balaban J connectivity index is 1.57. The highest BCUT2D eigenvalue weighted by atomic mass is 35.5. The third kappa shape index (κ3) is 3.80. The lowest BCUT2D eigenvalue weighted by atomic mass is 10.2. The Hall–Kier alpha value is -1.70. The number of rotatable bonds is 5. The normalized spacial score (nSPS) is 16.1. The molecule has 1 fully saturated rings. The van der Waals surface area contributed by atoms with Gasteiger partial charge in [0.2, 0.25) is 15.9 Å². The van der Waals surface area contributed by atoms with Gasteiger partial charge in [-0.2, -0.15) is 4.31 Å². The number of sulfonamides is 1. The van der Waals surface area contributed by atoms with E-state index in [0.717, 1.165) is 0 Å². The molecule has 2 aromatic rings. The van der Waals surface area contributed by atoms with E-state index in [1.807, 2.05) is 0 Å². The summed E-state index contributed by atoms with van der Waals surface area (Å²) in [7, 11) is -3.45. The van der Waals surface area contributed by atoms with Crippen molar-refractivity contribution < 1.29 is 17.5 Å². The Bertz CT molecular complexity index is 793. The molecule has 1 aliphatic rings. The molecule has 0 amide bonds. The summed E-state index contributed by atoms with van der Waals surface area (Å²) in [5.74, 6) is -0.254. The van der Waals surface area contributed by atoms with Gasteiger partial charge in [-0.1, -0.05) is 23.7 Å². The minimum atomic E-state index is -3.45. The van der Waals surface area contributed by atoms with E-state index in [0.29, 0.717) is 16.5 Å². The number of ether oxygens (including phenoxy) is 1. The number of halogens is 2. The molecule has 1 aromatic carbocycles. The van der Waals surface area contributed by atoms with E-state index >= 15 is 0 Å². The highest BCUT2D eigenvalue weighted by molar-refractivity contribution is 7.88. The van der Waals surface area contributed by atoms with Gasteiger partial charge in [-0.3, -0.25) is 0 Å². The molecule has 1 saturated heterocycles. The molecule has 3 rings (SSSR count). The van der Waals surface area contributed by atoms with Crippen LogP contribution in [-0.4, -0.2) is 36.9 Å². The fraction of sp³-hybridized carbons (Fsp3) is 0.267. The zero-order chi connectivity index (χ0) is 16.4. The zero-order valence-corrected chi connectivity index (χ0v) is 13.6. The lowest BCUT2D eigenvalue weighted by Gasteiger charge is -2.37. The zero-order valence-electron chi connectivity index (χ0n) is 12.0. The maximum Gasteiger partial charge on any atom is 0.232 e. The Morgan fingerprint density at radius 3 is 2.61 bits per heavy atom. The van der Waals surface area contributed by atoms with Crippen molar-refractivity contribution in [3.63, 3.8) is 0 Å². The van der Waals surface area contributed by atoms with Crippen molar-refractivity contribution in [2.24, 2.45) is 0 Å². The SMILES string of the molecule is O=S(=O)(Cc1ccc(F)cc1)N1CC(Oc2ncccc2Cl)C1. The van der Waals surface area contributed by atoms with Crippen molar-refractivity contribution in [2.75, 3.05) is 13.1 Å². The molecular formula is C15H14ClFN2O3S. The highest BCUT2D eigenvalue weighted by Crippen LogP contribution is 2.26. The molecule has 0 N–H and O–H groups in total. The summed E-state index contributed by atoms with van der Waals surface area (Å²) in [5.41, 5.74) is 0.545. The van der Waals surface area contributed by atoms with Crippen LogP contribution in [0.1, 0.15) is 5.56 Å². The summed E-state index contributed by atoms with van der Waals surface area (Å²) in [4.78, 5) is 4.01. The van der Waals surface area contributed by atoms with E-state index in [4.69, 9.17) is 16.3 Å². The van der Waals surface area contributed by atoms with E-state index in [1.165, 1.54) is 28.6 Å². The molecule has 0 aliphatic carbocycles. The molecule has 2 heterocycles. The van der Waals surface area contributed by atoms with E-state index < -0.39 is 15.8 Å². The summed E-state index contributed by atoms with van der Waals surface area (Å²) in [6, 6.07) is 8.77. The van der Waals surface area contributed by atoms with E-state index in [9.17, 15) is 12.8 Å². The number of hydrogen-bond donors (Lipinski definition) is 0. The van der Waals surface area contributed by atoms with Gasteiger partial charge in [0.1, 0.15) is 16.9 Å². The molecule has 1 aliphatic heterocycles. The summed E-state index contributed by atoms with van der Waals surface area (Å²) in [5, 5.41) is 0.389. The van der Waals surface area contributed by atoms with Gasteiger partial charge in [0.05, 0.1) is 18.8 Å². The van der Waals surface area contributed by atoms with Gasteiger partial charge in [-0.25, -0.2) is 17.8 Å². The first-order valence-corrected chi connectivity index (χ1v) is 8.92. The van der Waals surface area contributed by atoms with Crippen molar-refractivity contribution in [1.82, 2.24) is 9.29 Å². The molecule has 0 bridgehead atoms. The lowest BCUT2D eigenvalue weighted by molar-refractivity contribution is 0.0721. The highest BCUT2D eigenvalue weighted by Gasteiger charge is 2.37. The van der Waals surface area contributed by atoms with Gasteiger partial charge in [-0.15, -0.1) is 0 Å². The first-order valence-electron chi connectivity index (χ1n) is 6.93. The largest absolute Gasteiger partial charge is 0.470 e. The fourth-order valence-corrected chi connectivity index (χ4v) is 3.95. The molecule has 0 unspecified atom stereocenters. The van der Waals surface area contributed by atoms with Crippen molar-refractivity contribution >= 4 is 21.6 Å². The van der Waals surface area contributed by atoms with Crippen molar-refractivity contribution in [1.29, 1.82) is 0 Å². The third-order valence-electron chi connectivity index (χ3n) is 3.47. The van der Waals surface area contributed by atoms with Crippen LogP contribution in [0.5, 0.6) is 5.88 Å². The third-order valence-corrected chi connectivity index (χ3v) is 5.54. The van der Waals surface area contributed by atoms with Crippen LogP contribution in [0.3, 0.4) is 0 Å². The second kappa shape index (κ2) is 6.43. The van der Waals surface area contributed by atoms with Crippen LogP contribution in [0.2, 0.25) is 5.02 Å². The van der Waals surface area contributed by atoms with Crippen LogP contribution in [0.4, 0.5) is 4.39 Å². The molecule has 1 aromatic heterocycles. The van der Waals surface area contributed by atoms with Gasteiger partial charge in [0, 0.05) is 6.20 Å². The molecule has 0 radical (unpaired) electrons. The second-order valence-electron chi connectivity index (χ2n) is 5.23. The standard InChI is InChI=1S/C15H14ClFN2O3S/c16-14-2-1-7-18-15(14)22-13-8-19(9-13)23(20,21)10-11-3-5-12(17)6-4-11/h1-7,13H,8-10H2. The monoisotopic (exact) mass is 356 g/mol. The van der Waals surface area contributed by atoms with Gasteiger partial charge in [0.15, 0.2) is 0 Å². The topological polar surface area (TPSA) is 59.5 Å². The maximum atomic E-state index is 12.9. The Kier molecular flexibility index (Phi) is 4.52. The summed E-state index contributed by atoms with van der Waals surface area (Å²) in [6.45, 7) is 0.493. The molecule has 5 nitrogen and oxygen atoms in total. The average molecular weight is 357 g/mol. The number of aromatic nitrogens is 1. The number of nitrogens with zero attached hydrogens (tertiary/aromatic N) is 2. The van der Waals surface area contributed by atoms with Crippen LogP contribution in [0, 0.1) is 5.82 Å².